The highest BCUT2D eigenvalue weighted by atomic mass is 16.5. The lowest BCUT2D eigenvalue weighted by Crippen LogP contribution is -2.09. The number of benzene rings is 2. The van der Waals surface area contributed by atoms with Crippen molar-refractivity contribution < 1.29 is 9.53 Å². The van der Waals surface area contributed by atoms with E-state index in [2.05, 4.69) is 11.4 Å². The van der Waals surface area contributed by atoms with E-state index in [4.69, 9.17) is 10.00 Å². The number of nitrogens with zero attached hydrogens (tertiary/aromatic N) is 1. The smallest absolute Gasteiger partial charge is 0.309 e. The monoisotopic (exact) mass is 280 g/mol. The average Bonchev–Trinajstić information content (AvgIpc) is 2.54. The molecule has 0 saturated heterocycles. The zero-order valence-corrected chi connectivity index (χ0v) is 11.8. The van der Waals surface area contributed by atoms with E-state index in [9.17, 15) is 4.79 Å². The second-order valence-electron chi connectivity index (χ2n) is 4.57. The van der Waals surface area contributed by atoms with Crippen molar-refractivity contribution in [1.82, 2.24) is 0 Å². The Morgan fingerprint density at radius 3 is 2.67 bits per heavy atom. The number of hydrogen-bond donors (Lipinski definition) is 1. The molecule has 0 aliphatic rings. The van der Waals surface area contributed by atoms with Gasteiger partial charge in [0.15, 0.2) is 0 Å². The van der Waals surface area contributed by atoms with E-state index in [0.29, 0.717) is 12.1 Å². The van der Waals surface area contributed by atoms with Crippen molar-refractivity contribution in [2.75, 3.05) is 12.4 Å². The van der Waals surface area contributed by atoms with E-state index in [-0.39, 0.29) is 12.4 Å². The second-order valence-corrected chi connectivity index (χ2v) is 4.57. The highest BCUT2D eigenvalue weighted by molar-refractivity contribution is 5.73. The summed E-state index contributed by atoms with van der Waals surface area (Å²) in [6.07, 6.45) is 0.257. The summed E-state index contributed by atoms with van der Waals surface area (Å²) in [4.78, 5) is 11.4. The van der Waals surface area contributed by atoms with Gasteiger partial charge < -0.3 is 10.1 Å². The molecule has 0 aromatic heterocycles. The number of nitriles is 1. The molecular formula is C17H16N2O2. The highest BCUT2D eigenvalue weighted by Gasteiger charge is 2.07. The normalized spacial score (nSPS) is 9.71. The van der Waals surface area contributed by atoms with Gasteiger partial charge in [-0.05, 0) is 29.3 Å². The second kappa shape index (κ2) is 7.11. The number of ether oxygens (including phenoxy) is 1. The molecule has 0 radical (unpaired) electrons. The molecule has 0 fully saturated rings. The van der Waals surface area contributed by atoms with E-state index >= 15 is 0 Å². The summed E-state index contributed by atoms with van der Waals surface area (Å²) in [7, 11) is 1.39. The van der Waals surface area contributed by atoms with Crippen LogP contribution in [0.25, 0.3) is 0 Å². The van der Waals surface area contributed by atoms with Gasteiger partial charge in [-0.3, -0.25) is 4.79 Å². The van der Waals surface area contributed by atoms with Gasteiger partial charge in [-0.25, -0.2) is 0 Å². The number of carbonyl (C=O) groups excluding carboxylic acids is 1. The lowest BCUT2D eigenvalue weighted by atomic mass is 10.0. The van der Waals surface area contributed by atoms with Crippen LogP contribution in [0.3, 0.4) is 0 Å². The first kappa shape index (κ1) is 14.6. The lowest BCUT2D eigenvalue weighted by Gasteiger charge is -2.11. The van der Waals surface area contributed by atoms with Gasteiger partial charge >= 0.3 is 5.97 Å². The molecule has 0 atom stereocenters. The molecule has 0 heterocycles. The minimum absolute atomic E-state index is 0.256. The summed E-state index contributed by atoms with van der Waals surface area (Å²) in [5.41, 5.74) is 3.46. The molecular weight excluding hydrogens is 264 g/mol. The SMILES string of the molecule is COC(=O)Cc1ccccc1CNc1cccc(C#N)c1. The fraction of sp³-hybridized carbons (Fsp3) is 0.176. The molecule has 0 spiro atoms. The van der Waals surface area contributed by atoms with Crippen LogP contribution in [0.4, 0.5) is 5.69 Å². The summed E-state index contributed by atoms with van der Waals surface area (Å²) in [5, 5.41) is 12.2. The van der Waals surface area contributed by atoms with Crippen LogP contribution in [0.15, 0.2) is 48.5 Å². The minimum Gasteiger partial charge on any atom is -0.469 e. The van der Waals surface area contributed by atoms with Crippen LogP contribution in [0.1, 0.15) is 16.7 Å². The fourth-order valence-corrected chi connectivity index (χ4v) is 2.03. The van der Waals surface area contributed by atoms with Crippen LogP contribution in [0.2, 0.25) is 0 Å². The summed E-state index contributed by atoms with van der Waals surface area (Å²) < 4.78 is 4.71. The Hall–Kier alpha value is -2.80. The number of methoxy groups -OCH3 is 1. The first-order chi connectivity index (χ1) is 10.2. The number of esters is 1. The predicted octanol–water partition coefficient (Wildman–Crippen LogP) is 2.89. The van der Waals surface area contributed by atoms with E-state index in [0.717, 1.165) is 16.8 Å². The molecule has 21 heavy (non-hydrogen) atoms. The van der Waals surface area contributed by atoms with Crippen LogP contribution in [0.5, 0.6) is 0 Å². The standard InChI is InChI=1S/C17H16N2O2/c1-21-17(20)10-14-6-2-3-7-15(14)12-19-16-8-4-5-13(9-16)11-18/h2-9,19H,10,12H2,1H3. The van der Waals surface area contributed by atoms with Crippen molar-refractivity contribution in [3.05, 3.63) is 65.2 Å². The average molecular weight is 280 g/mol. The zero-order valence-electron chi connectivity index (χ0n) is 11.8. The Kier molecular flexibility index (Phi) is 4.94. The molecule has 1 N–H and O–H groups in total. The summed E-state index contributed by atoms with van der Waals surface area (Å²) in [6.45, 7) is 0.585. The summed E-state index contributed by atoms with van der Waals surface area (Å²) in [5.74, 6) is -0.256. The van der Waals surface area contributed by atoms with Gasteiger partial charge in [-0.2, -0.15) is 5.26 Å². The molecule has 0 aliphatic heterocycles. The molecule has 2 aromatic carbocycles. The van der Waals surface area contributed by atoms with Crippen molar-refractivity contribution in [2.45, 2.75) is 13.0 Å². The Morgan fingerprint density at radius 2 is 1.95 bits per heavy atom. The number of hydrogen-bond acceptors (Lipinski definition) is 4. The molecule has 0 unspecified atom stereocenters. The van der Waals surface area contributed by atoms with Gasteiger partial charge in [0, 0.05) is 12.2 Å². The van der Waals surface area contributed by atoms with Crippen LogP contribution < -0.4 is 5.32 Å². The molecule has 0 saturated carbocycles. The van der Waals surface area contributed by atoms with Crippen molar-refractivity contribution >= 4 is 11.7 Å². The zero-order chi connectivity index (χ0) is 15.1. The van der Waals surface area contributed by atoms with Gasteiger partial charge in [0.25, 0.3) is 0 Å². The molecule has 4 nitrogen and oxygen atoms in total. The van der Waals surface area contributed by atoms with Gasteiger partial charge in [0.05, 0.1) is 25.2 Å². The Labute approximate surface area is 124 Å². The van der Waals surface area contributed by atoms with Crippen LogP contribution >= 0.6 is 0 Å². The number of anilines is 1. The molecule has 2 aromatic rings. The molecule has 106 valence electrons. The van der Waals surface area contributed by atoms with Crippen LogP contribution in [-0.4, -0.2) is 13.1 Å². The fourth-order valence-electron chi connectivity index (χ4n) is 2.03. The molecule has 2 rings (SSSR count). The predicted molar refractivity (Wildman–Crippen MR) is 80.6 cm³/mol. The molecule has 4 heteroatoms. The first-order valence-corrected chi connectivity index (χ1v) is 6.60. The van der Waals surface area contributed by atoms with Gasteiger partial charge in [0.1, 0.15) is 0 Å². The maximum atomic E-state index is 11.4. The Morgan fingerprint density at radius 1 is 1.19 bits per heavy atom. The Bertz CT molecular complexity index is 674. The van der Waals surface area contributed by atoms with Gasteiger partial charge in [-0.1, -0.05) is 30.3 Å². The number of rotatable bonds is 5. The van der Waals surface area contributed by atoms with E-state index in [1.807, 2.05) is 36.4 Å². The van der Waals surface area contributed by atoms with Crippen molar-refractivity contribution in [1.29, 1.82) is 5.26 Å². The lowest BCUT2D eigenvalue weighted by molar-refractivity contribution is -0.139. The van der Waals surface area contributed by atoms with Crippen molar-refractivity contribution in [3.63, 3.8) is 0 Å². The van der Waals surface area contributed by atoms with Gasteiger partial charge in [-0.15, -0.1) is 0 Å². The minimum atomic E-state index is -0.256. The number of nitrogens with one attached hydrogen (secondary N) is 1. The largest absolute Gasteiger partial charge is 0.469 e. The topological polar surface area (TPSA) is 62.1 Å². The third-order valence-electron chi connectivity index (χ3n) is 3.16. The first-order valence-electron chi connectivity index (χ1n) is 6.60. The van der Waals surface area contributed by atoms with Crippen molar-refractivity contribution in [2.24, 2.45) is 0 Å². The summed E-state index contributed by atoms with van der Waals surface area (Å²) >= 11 is 0. The van der Waals surface area contributed by atoms with E-state index in [1.54, 1.807) is 12.1 Å². The van der Waals surface area contributed by atoms with Crippen LogP contribution in [0, 0.1) is 11.3 Å². The van der Waals surface area contributed by atoms with E-state index < -0.39 is 0 Å². The van der Waals surface area contributed by atoms with E-state index in [1.165, 1.54) is 7.11 Å². The maximum Gasteiger partial charge on any atom is 0.309 e. The van der Waals surface area contributed by atoms with Crippen molar-refractivity contribution in [3.8, 4) is 6.07 Å². The molecule has 0 amide bonds. The third kappa shape index (κ3) is 4.08. The van der Waals surface area contributed by atoms with Gasteiger partial charge in [0.2, 0.25) is 0 Å². The maximum absolute atomic E-state index is 11.4. The quantitative estimate of drug-likeness (QED) is 0.855. The summed E-state index contributed by atoms with van der Waals surface area (Å²) in [6, 6.07) is 17.1. The molecule has 0 aliphatic carbocycles. The van der Waals surface area contributed by atoms with Crippen LogP contribution in [-0.2, 0) is 22.5 Å². The molecule has 0 bridgehead atoms. The number of carbonyl (C=O) groups is 1. The Balaban J connectivity index is 2.09. The highest BCUT2D eigenvalue weighted by Crippen LogP contribution is 2.15. The third-order valence-corrected chi connectivity index (χ3v) is 3.16.